The van der Waals surface area contributed by atoms with Crippen LogP contribution in [0.3, 0.4) is 0 Å². The number of nitrogens with two attached hydrogens (primary N) is 1. The molecule has 0 spiro atoms. The molecule has 1 aliphatic rings. The van der Waals surface area contributed by atoms with E-state index in [0.717, 1.165) is 0 Å². The minimum Gasteiger partial charge on any atom is -0.319 e. The van der Waals surface area contributed by atoms with Gasteiger partial charge in [0.1, 0.15) is 0 Å². The monoisotopic (exact) mass is 240 g/mol. The normalized spacial score (nSPS) is 23.8. The number of benzene rings is 1. The molecule has 0 saturated carbocycles. The molecule has 16 heavy (non-hydrogen) atoms. The molecular weight excluding hydrogens is 228 g/mol. The van der Waals surface area contributed by atoms with Gasteiger partial charge in [0.2, 0.25) is 5.91 Å². The van der Waals surface area contributed by atoms with E-state index in [1.54, 1.807) is 18.2 Å². The Labute approximate surface area is 93.8 Å². The summed E-state index contributed by atoms with van der Waals surface area (Å²) in [7, 11) is -1.95. The van der Waals surface area contributed by atoms with Crippen LogP contribution in [0.5, 0.6) is 0 Å². The summed E-state index contributed by atoms with van der Waals surface area (Å²) in [5.41, 5.74) is 5.94. The van der Waals surface area contributed by atoms with Gasteiger partial charge in [0.05, 0.1) is 22.4 Å². The van der Waals surface area contributed by atoms with Gasteiger partial charge in [-0.3, -0.25) is 4.79 Å². The highest BCUT2D eigenvalue weighted by Gasteiger charge is 2.33. The maximum Gasteiger partial charge on any atom is 0.244 e. The molecule has 1 aromatic rings. The third-order valence-corrected chi connectivity index (χ3v) is 4.42. The van der Waals surface area contributed by atoms with Gasteiger partial charge in [0, 0.05) is 7.05 Å². The van der Waals surface area contributed by atoms with Gasteiger partial charge in [-0.1, -0.05) is 12.1 Å². The fourth-order valence-electron chi connectivity index (χ4n) is 1.76. The molecule has 2 N–H and O–H groups in total. The standard InChI is InChI=1S/C10H12N2O3S/c1-12-8-4-2-3-5-9(8)16(14,15)6-7(11)10(12)13/h2-5,7H,6,11H2,1H3. The molecule has 1 aromatic carbocycles. The predicted octanol–water partition coefficient (Wildman–Crippen LogP) is -0.236. The lowest BCUT2D eigenvalue weighted by atomic mass is 10.2. The lowest BCUT2D eigenvalue weighted by Crippen LogP contribution is -2.43. The molecule has 2 rings (SSSR count). The number of para-hydroxylation sites is 1. The van der Waals surface area contributed by atoms with Crippen molar-refractivity contribution in [1.29, 1.82) is 0 Å². The molecule has 6 heteroatoms. The zero-order valence-corrected chi connectivity index (χ0v) is 9.57. The number of likely N-dealkylation sites (N-methyl/N-ethyl adjacent to an activating group) is 1. The minimum atomic E-state index is -3.48. The van der Waals surface area contributed by atoms with Crippen molar-refractivity contribution in [3.8, 4) is 0 Å². The molecule has 0 radical (unpaired) electrons. The quantitative estimate of drug-likeness (QED) is 0.679. The van der Waals surface area contributed by atoms with Crippen LogP contribution in [0.15, 0.2) is 29.2 Å². The predicted molar refractivity (Wildman–Crippen MR) is 59.9 cm³/mol. The second kappa shape index (κ2) is 3.57. The summed E-state index contributed by atoms with van der Waals surface area (Å²) in [6.07, 6.45) is 0. The second-order valence-electron chi connectivity index (χ2n) is 3.75. The number of hydrogen-bond acceptors (Lipinski definition) is 4. The maximum atomic E-state index is 11.9. The van der Waals surface area contributed by atoms with Crippen LogP contribution in [0.2, 0.25) is 0 Å². The van der Waals surface area contributed by atoms with Crippen molar-refractivity contribution in [3.05, 3.63) is 24.3 Å². The number of hydrogen-bond donors (Lipinski definition) is 1. The van der Waals surface area contributed by atoms with Crippen LogP contribution >= 0.6 is 0 Å². The number of nitrogens with zero attached hydrogens (tertiary/aromatic N) is 1. The molecule has 1 unspecified atom stereocenters. The highest BCUT2D eigenvalue weighted by molar-refractivity contribution is 7.91. The molecule has 0 aromatic heterocycles. The van der Waals surface area contributed by atoms with Crippen molar-refractivity contribution >= 4 is 21.4 Å². The Morgan fingerprint density at radius 1 is 1.38 bits per heavy atom. The largest absolute Gasteiger partial charge is 0.319 e. The lowest BCUT2D eigenvalue weighted by molar-refractivity contribution is -0.119. The molecule has 5 nitrogen and oxygen atoms in total. The molecule has 0 saturated heterocycles. The molecule has 86 valence electrons. The summed E-state index contributed by atoms with van der Waals surface area (Å²) in [5.74, 6) is -0.721. The highest BCUT2D eigenvalue weighted by Crippen LogP contribution is 2.28. The third kappa shape index (κ3) is 1.60. The Morgan fingerprint density at radius 3 is 2.69 bits per heavy atom. The highest BCUT2D eigenvalue weighted by atomic mass is 32.2. The van der Waals surface area contributed by atoms with E-state index in [9.17, 15) is 13.2 Å². The Bertz CT molecular complexity index is 539. The van der Waals surface area contributed by atoms with Crippen molar-refractivity contribution in [1.82, 2.24) is 0 Å². The summed E-state index contributed by atoms with van der Waals surface area (Å²) < 4.78 is 23.9. The molecule has 0 aliphatic carbocycles. The van der Waals surface area contributed by atoms with Gasteiger partial charge < -0.3 is 10.6 Å². The van der Waals surface area contributed by atoms with E-state index < -0.39 is 15.9 Å². The van der Waals surface area contributed by atoms with E-state index in [-0.39, 0.29) is 16.6 Å². The molecule has 0 bridgehead atoms. The van der Waals surface area contributed by atoms with Crippen molar-refractivity contribution in [2.75, 3.05) is 17.7 Å². The van der Waals surface area contributed by atoms with E-state index in [2.05, 4.69) is 0 Å². The number of anilines is 1. The fourth-order valence-corrected chi connectivity index (χ4v) is 3.37. The van der Waals surface area contributed by atoms with Crippen molar-refractivity contribution < 1.29 is 13.2 Å². The van der Waals surface area contributed by atoms with Crippen LogP contribution < -0.4 is 10.6 Å². The first-order valence-corrected chi connectivity index (χ1v) is 6.43. The molecular formula is C10H12N2O3S. The van der Waals surface area contributed by atoms with E-state index in [1.807, 2.05) is 0 Å². The van der Waals surface area contributed by atoms with Gasteiger partial charge in [0.25, 0.3) is 0 Å². The van der Waals surface area contributed by atoms with Gasteiger partial charge in [-0.05, 0) is 12.1 Å². The molecule has 1 amide bonds. The second-order valence-corrected chi connectivity index (χ2v) is 5.76. The summed E-state index contributed by atoms with van der Waals surface area (Å²) in [6.45, 7) is 0. The smallest absolute Gasteiger partial charge is 0.244 e. The van der Waals surface area contributed by atoms with Crippen LogP contribution in [-0.4, -0.2) is 33.2 Å². The van der Waals surface area contributed by atoms with Crippen LogP contribution in [0, 0.1) is 0 Å². The Balaban J connectivity index is 2.71. The van der Waals surface area contributed by atoms with Crippen molar-refractivity contribution in [3.63, 3.8) is 0 Å². The fraction of sp³-hybridized carbons (Fsp3) is 0.300. The zero-order chi connectivity index (χ0) is 11.9. The first kappa shape index (κ1) is 11.1. The summed E-state index contributed by atoms with van der Waals surface area (Å²) in [5, 5.41) is 0. The Hall–Kier alpha value is -1.40. The third-order valence-electron chi connectivity index (χ3n) is 2.61. The van der Waals surface area contributed by atoms with Crippen LogP contribution in [0.1, 0.15) is 0 Å². The van der Waals surface area contributed by atoms with Gasteiger partial charge in [-0.15, -0.1) is 0 Å². The minimum absolute atomic E-state index is 0.166. The lowest BCUT2D eigenvalue weighted by Gasteiger charge is -2.17. The summed E-state index contributed by atoms with van der Waals surface area (Å²) in [4.78, 5) is 13.2. The molecule has 1 atom stereocenters. The maximum absolute atomic E-state index is 11.9. The molecule has 1 heterocycles. The topological polar surface area (TPSA) is 80.5 Å². The number of carbonyl (C=O) groups excluding carboxylic acids is 1. The van der Waals surface area contributed by atoms with E-state index >= 15 is 0 Å². The number of rotatable bonds is 0. The van der Waals surface area contributed by atoms with Crippen LogP contribution in [-0.2, 0) is 14.6 Å². The van der Waals surface area contributed by atoms with E-state index in [0.29, 0.717) is 5.69 Å². The van der Waals surface area contributed by atoms with Gasteiger partial charge in [-0.25, -0.2) is 8.42 Å². The number of amides is 1. The summed E-state index contributed by atoms with van der Waals surface area (Å²) >= 11 is 0. The Kier molecular flexibility index (Phi) is 2.47. The van der Waals surface area contributed by atoms with Crippen molar-refractivity contribution in [2.24, 2.45) is 5.73 Å². The van der Waals surface area contributed by atoms with Gasteiger partial charge >= 0.3 is 0 Å². The average molecular weight is 240 g/mol. The Morgan fingerprint density at radius 2 is 2.00 bits per heavy atom. The van der Waals surface area contributed by atoms with Crippen molar-refractivity contribution in [2.45, 2.75) is 10.9 Å². The molecule has 1 aliphatic heterocycles. The average Bonchev–Trinajstić information content (AvgIpc) is 2.31. The number of sulfone groups is 1. The van der Waals surface area contributed by atoms with Crippen LogP contribution in [0.4, 0.5) is 5.69 Å². The van der Waals surface area contributed by atoms with E-state index in [4.69, 9.17) is 5.73 Å². The van der Waals surface area contributed by atoms with E-state index in [1.165, 1.54) is 18.0 Å². The number of carbonyl (C=O) groups is 1. The van der Waals surface area contributed by atoms with Gasteiger partial charge in [-0.2, -0.15) is 0 Å². The molecule has 0 fully saturated rings. The number of fused-ring (bicyclic) bond motifs is 1. The zero-order valence-electron chi connectivity index (χ0n) is 8.75. The first-order valence-electron chi connectivity index (χ1n) is 4.78. The van der Waals surface area contributed by atoms with Crippen LogP contribution in [0.25, 0.3) is 0 Å². The summed E-state index contributed by atoms with van der Waals surface area (Å²) in [6, 6.07) is 5.41. The SMILES string of the molecule is CN1C(=O)C(N)CS(=O)(=O)c2ccccc21. The van der Waals surface area contributed by atoms with Gasteiger partial charge in [0.15, 0.2) is 9.84 Å². The first-order chi connectivity index (χ1) is 7.43.